The molecule has 0 saturated carbocycles. The highest BCUT2D eigenvalue weighted by Gasteiger charge is 2.49. The summed E-state index contributed by atoms with van der Waals surface area (Å²) in [5.41, 5.74) is 5.02. The van der Waals surface area contributed by atoms with Gasteiger partial charge in [-0.1, -0.05) is 151 Å². The first-order valence-corrected chi connectivity index (χ1v) is 18.0. The van der Waals surface area contributed by atoms with Crippen molar-refractivity contribution in [2.24, 2.45) is 0 Å². The lowest BCUT2D eigenvalue weighted by atomic mass is 9.98. The number of hydrogen-bond donors (Lipinski definition) is 0. The second-order valence-corrected chi connectivity index (χ2v) is 13.1. The van der Waals surface area contributed by atoms with Gasteiger partial charge in [0.1, 0.15) is 18.3 Å². The van der Waals surface area contributed by atoms with Crippen LogP contribution in [-0.4, -0.2) is 56.7 Å². The van der Waals surface area contributed by atoms with E-state index in [9.17, 15) is 0 Å². The van der Waals surface area contributed by atoms with Gasteiger partial charge in [-0.25, -0.2) is 0 Å². The number of tetrazole rings is 1. The van der Waals surface area contributed by atoms with Gasteiger partial charge in [-0.2, -0.15) is 4.68 Å². The van der Waals surface area contributed by atoms with Gasteiger partial charge >= 0.3 is 0 Å². The van der Waals surface area contributed by atoms with Crippen molar-refractivity contribution in [2.45, 2.75) is 62.3 Å². The van der Waals surface area contributed by atoms with Crippen LogP contribution in [0.5, 0.6) is 0 Å². The van der Waals surface area contributed by atoms with Crippen LogP contribution in [0, 0.1) is 0 Å². The van der Waals surface area contributed by atoms with Crippen LogP contribution in [-0.2, 0) is 50.1 Å². The van der Waals surface area contributed by atoms with E-state index in [2.05, 4.69) is 39.8 Å². The van der Waals surface area contributed by atoms with Gasteiger partial charge in [0.15, 0.2) is 6.29 Å². The Morgan fingerprint density at radius 3 is 1.45 bits per heavy atom. The van der Waals surface area contributed by atoms with Gasteiger partial charge in [-0.3, -0.25) is 0 Å². The zero-order valence-corrected chi connectivity index (χ0v) is 28.9. The summed E-state index contributed by atoms with van der Waals surface area (Å²) in [6, 6.07) is 50.2. The summed E-state index contributed by atoms with van der Waals surface area (Å²) in [5.74, 6) is 0.467. The lowest BCUT2D eigenvalue weighted by Crippen LogP contribution is -2.61. The van der Waals surface area contributed by atoms with E-state index < -0.39 is 30.7 Å². The fourth-order valence-electron chi connectivity index (χ4n) is 5.92. The molecule has 260 valence electrons. The number of hydrogen-bond acceptors (Lipinski definition) is 9. The van der Waals surface area contributed by atoms with Crippen LogP contribution in [0.4, 0.5) is 0 Å². The average Bonchev–Trinajstić information content (AvgIpc) is 3.68. The average molecular weight is 701 g/mol. The maximum Gasteiger partial charge on any atom is 0.214 e. The quantitative estimate of drug-likeness (QED) is 0.0956. The van der Waals surface area contributed by atoms with Crippen molar-refractivity contribution in [3.8, 4) is 5.69 Å². The molecule has 51 heavy (non-hydrogen) atoms. The maximum absolute atomic E-state index is 6.89. The van der Waals surface area contributed by atoms with Crippen LogP contribution in [0.3, 0.4) is 0 Å². The van der Waals surface area contributed by atoms with E-state index >= 15 is 0 Å². The molecular formula is C41H40N4O5S. The zero-order valence-electron chi connectivity index (χ0n) is 28.1. The molecule has 0 N–H and O–H groups in total. The predicted molar refractivity (Wildman–Crippen MR) is 195 cm³/mol. The Morgan fingerprint density at radius 2 is 0.941 bits per heavy atom. The van der Waals surface area contributed by atoms with Gasteiger partial charge in [-0.15, -0.1) is 5.10 Å². The fourth-order valence-corrected chi connectivity index (χ4v) is 6.86. The molecule has 5 aromatic carbocycles. The summed E-state index contributed by atoms with van der Waals surface area (Å²) < 4.78 is 35.6. The first kappa shape index (κ1) is 34.8. The van der Waals surface area contributed by atoms with Gasteiger partial charge in [-0.05, 0) is 44.8 Å². The van der Waals surface area contributed by atoms with Crippen LogP contribution in [0.25, 0.3) is 5.69 Å². The summed E-state index contributed by atoms with van der Waals surface area (Å²) in [6.45, 7) is 1.41. The number of nitrogens with zero attached hydrogens (tertiary/aromatic N) is 4. The standard InChI is InChI=1S/C41H40N4O5S/c1-6-16-31(17-7-1)26-46-37-36(30-51-41-42-43-44-45(41)35-24-14-5-15-25-35)50-40(49-29-34-22-12-4-13-23-34)39(48-28-33-20-10-3-11-21-33)38(37)47-27-32-18-8-2-9-19-32/h1-25,36-40H,26-30H2/t36-,37-,38+,39-,40-/m1/s1. The van der Waals surface area contributed by atoms with Gasteiger partial charge < -0.3 is 23.7 Å². The number of para-hydroxylation sites is 1. The van der Waals surface area contributed by atoms with Crippen LogP contribution < -0.4 is 0 Å². The molecule has 0 radical (unpaired) electrons. The Morgan fingerprint density at radius 1 is 0.510 bits per heavy atom. The Hall–Kier alpha value is -4.68. The van der Waals surface area contributed by atoms with E-state index in [1.807, 2.05) is 127 Å². The van der Waals surface area contributed by atoms with Gasteiger partial charge in [0.05, 0.1) is 38.2 Å². The van der Waals surface area contributed by atoms with Crippen LogP contribution >= 0.6 is 11.8 Å². The predicted octanol–water partition coefficient (Wildman–Crippen LogP) is 7.45. The molecule has 6 aromatic rings. The molecule has 1 aliphatic heterocycles. The molecule has 1 saturated heterocycles. The van der Waals surface area contributed by atoms with Crippen LogP contribution in [0.2, 0.25) is 0 Å². The SMILES string of the molecule is c1ccc(CO[C@@H]2O[C@H](CSc3nnnn3-c3ccccc3)[C@@H](OCc3ccccc3)[C@H](OCc3ccccc3)[C@H]2OCc2ccccc2)cc1. The second-order valence-electron chi connectivity index (χ2n) is 12.1. The maximum atomic E-state index is 6.89. The Bertz CT molecular complexity index is 1870. The fraction of sp³-hybridized carbons (Fsp3) is 0.244. The molecule has 1 aliphatic rings. The highest BCUT2D eigenvalue weighted by molar-refractivity contribution is 7.99. The molecular weight excluding hydrogens is 661 g/mol. The highest BCUT2D eigenvalue weighted by Crippen LogP contribution is 2.34. The molecule has 0 unspecified atom stereocenters. The summed E-state index contributed by atoms with van der Waals surface area (Å²) in [6.07, 6.45) is -2.93. The van der Waals surface area contributed by atoms with Crippen molar-refractivity contribution in [3.63, 3.8) is 0 Å². The molecule has 0 bridgehead atoms. The number of ether oxygens (including phenoxy) is 5. The highest BCUT2D eigenvalue weighted by atomic mass is 32.2. The normalized spacial score (nSPS) is 20.3. The number of benzene rings is 5. The first-order valence-electron chi connectivity index (χ1n) is 17.0. The van der Waals surface area contributed by atoms with Crippen molar-refractivity contribution in [1.82, 2.24) is 20.2 Å². The van der Waals surface area contributed by atoms with Gasteiger partial charge in [0, 0.05) is 5.75 Å². The van der Waals surface area contributed by atoms with E-state index in [1.54, 1.807) is 4.68 Å². The smallest absolute Gasteiger partial charge is 0.214 e. The minimum atomic E-state index is -0.762. The molecule has 1 aromatic heterocycles. The summed E-state index contributed by atoms with van der Waals surface area (Å²) >= 11 is 1.49. The van der Waals surface area contributed by atoms with Crippen molar-refractivity contribution in [3.05, 3.63) is 174 Å². The van der Waals surface area contributed by atoms with Crippen LogP contribution in [0.1, 0.15) is 22.3 Å². The molecule has 5 atom stereocenters. The minimum absolute atomic E-state index is 0.337. The topological polar surface area (TPSA) is 89.8 Å². The largest absolute Gasteiger partial charge is 0.368 e. The molecule has 0 amide bonds. The molecule has 7 rings (SSSR count). The lowest BCUT2D eigenvalue weighted by Gasteiger charge is -2.46. The molecule has 0 aliphatic carbocycles. The third-order valence-corrected chi connectivity index (χ3v) is 9.53. The summed E-state index contributed by atoms with van der Waals surface area (Å²) in [4.78, 5) is 0. The van der Waals surface area contributed by atoms with Crippen molar-refractivity contribution in [2.75, 3.05) is 5.75 Å². The Labute approximate surface area is 302 Å². The zero-order chi connectivity index (χ0) is 34.5. The van der Waals surface area contributed by atoms with E-state index in [-0.39, 0.29) is 0 Å². The lowest BCUT2D eigenvalue weighted by molar-refractivity contribution is -0.321. The minimum Gasteiger partial charge on any atom is -0.368 e. The third kappa shape index (κ3) is 9.56. The van der Waals surface area contributed by atoms with E-state index in [0.717, 1.165) is 27.9 Å². The second kappa shape index (κ2) is 18.0. The van der Waals surface area contributed by atoms with Gasteiger partial charge in [0.25, 0.3) is 0 Å². The first-order chi connectivity index (χ1) is 25.3. The third-order valence-electron chi connectivity index (χ3n) is 8.52. The monoisotopic (exact) mass is 700 g/mol. The molecule has 1 fully saturated rings. The van der Waals surface area contributed by atoms with Crippen molar-refractivity contribution in [1.29, 1.82) is 0 Å². The molecule has 9 nitrogen and oxygen atoms in total. The van der Waals surface area contributed by atoms with Crippen LogP contribution in [0.15, 0.2) is 157 Å². The molecule has 0 spiro atoms. The summed E-state index contributed by atoms with van der Waals surface area (Å²) in [5, 5.41) is 13.2. The number of rotatable bonds is 16. The number of thioether (sulfide) groups is 1. The van der Waals surface area contributed by atoms with Gasteiger partial charge in [0.2, 0.25) is 5.16 Å². The Balaban J connectivity index is 1.21. The van der Waals surface area contributed by atoms with E-state index in [1.165, 1.54) is 11.8 Å². The van der Waals surface area contributed by atoms with Crippen molar-refractivity contribution >= 4 is 11.8 Å². The van der Waals surface area contributed by atoms with E-state index in [0.29, 0.717) is 37.3 Å². The van der Waals surface area contributed by atoms with Crippen molar-refractivity contribution < 1.29 is 23.7 Å². The molecule has 10 heteroatoms. The van der Waals surface area contributed by atoms with E-state index in [4.69, 9.17) is 23.7 Å². The molecule has 2 heterocycles. The number of aromatic nitrogens is 4. The summed E-state index contributed by atoms with van der Waals surface area (Å²) in [7, 11) is 0. The Kier molecular flexibility index (Phi) is 12.3.